The Hall–Kier alpha value is -3.89. The highest BCUT2D eigenvalue weighted by atomic mass is 19.1. The number of ether oxygens (including phenoxy) is 3. The number of nitrogens with zero attached hydrogens (tertiary/aromatic N) is 3. The molecule has 2 aromatic carbocycles. The number of carbonyl (C=O) groups excluding carboxylic acids is 1. The van der Waals surface area contributed by atoms with Crippen molar-refractivity contribution in [3.63, 3.8) is 0 Å². The number of hydrogen-bond acceptors (Lipinski definition) is 6. The van der Waals surface area contributed by atoms with Crippen LogP contribution < -0.4 is 25.5 Å². The maximum Gasteiger partial charge on any atom is 0.332 e. The van der Waals surface area contributed by atoms with Crippen molar-refractivity contribution in [2.75, 3.05) is 40.7 Å². The van der Waals surface area contributed by atoms with E-state index in [0.29, 0.717) is 42.1 Å². The summed E-state index contributed by atoms with van der Waals surface area (Å²) in [6.07, 6.45) is -0.594. The van der Waals surface area contributed by atoms with Gasteiger partial charge in [0.05, 0.1) is 37.7 Å². The SMILES string of the molecule is COc1ccc(Cn2c(=O)c3cc(OC(CF)CF)ccc3n(C3CN(C=O)C3)c2=O)cc1OC. The molecular formula is C24H25F2N3O6. The van der Waals surface area contributed by atoms with Gasteiger partial charge in [0.25, 0.3) is 5.56 Å². The third kappa shape index (κ3) is 4.58. The van der Waals surface area contributed by atoms with Crippen LogP contribution in [0, 0.1) is 0 Å². The van der Waals surface area contributed by atoms with E-state index in [1.165, 1.54) is 41.9 Å². The maximum atomic E-state index is 13.5. The van der Waals surface area contributed by atoms with Crippen LogP contribution in [-0.4, -0.2) is 67.2 Å². The maximum absolute atomic E-state index is 13.5. The third-order valence-electron chi connectivity index (χ3n) is 5.98. The van der Waals surface area contributed by atoms with Crippen molar-refractivity contribution in [2.24, 2.45) is 0 Å². The molecule has 0 bridgehead atoms. The van der Waals surface area contributed by atoms with Gasteiger partial charge in [0.2, 0.25) is 6.41 Å². The molecule has 186 valence electrons. The van der Waals surface area contributed by atoms with Crippen molar-refractivity contribution in [1.29, 1.82) is 0 Å². The van der Waals surface area contributed by atoms with E-state index in [-0.39, 0.29) is 23.7 Å². The number of hydrogen-bond donors (Lipinski definition) is 0. The van der Waals surface area contributed by atoms with Crippen LogP contribution >= 0.6 is 0 Å². The van der Waals surface area contributed by atoms with E-state index in [9.17, 15) is 23.2 Å². The summed E-state index contributed by atoms with van der Waals surface area (Å²) in [6, 6.07) is 9.09. The van der Waals surface area contributed by atoms with Gasteiger partial charge in [0, 0.05) is 13.1 Å². The Balaban J connectivity index is 1.85. The zero-order chi connectivity index (χ0) is 25.1. The highest BCUT2D eigenvalue weighted by Gasteiger charge is 2.30. The summed E-state index contributed by atoms with van der Waals surface area (Å²) >= 11 is 0. The number of aromatic nitrogens is 2. The lowest BCUT2D eigenvalue weighted by Gasteiger charge is -2.38. The fourth-order valence-electron chi connectivity index (χ4n) is 4.12. The zero-order valence-electron chi connectivity index (χ0n) is 19.3. The summed E-state index contributed by atoms with van der Waals surface area (Å²) in [5.74, 6) is 1.06. The Labute approximate surface area is 199 Å². The minimum atomic E-state index is -1.29. The molecule has 11 heteroatoms. The monoisotopic (exact) mass is 489 g/mol. The molecule has 2 heterocycles. The second-order valence-corrected chi connectivity index (χ2v) is 8.17. The summed E-state index contributed by atoms with van der Waals surface area (Å²) in [7, 11) is 2.98. The molecule has 1 aliphatic rings. The molecule has 0 unspecified atom stereocenters. The van der Waals surface area contributed by atoms with Crippen LogP contribution in [0.2, 0.25) is 0 Å². The smallest absolute Gasteiger partial charge is 0.332 e. The minimum absolute atomic E-state index is 0.0548. The van der Waals surface area contributed by atoms with Crippen molar-refractivity contribution in [3.05, 3.63) is 62.8 Å². The van der Waals surface area contributed by atoms with E-state index in [1.807, 2.05) is 0 Å². The number of likely N-dealkylation sites (tertiary alicyclic amines) is 1. The van der Waals surface area contributed by atoms with Crippen molar-refractivity contribution in [2.45, 2.75) is 18.7 Å². The van der Waals surface area contributed by atoms with Crippen LogP contribution in [0.1, 0.15) is 11.6 Å². The van der Waals surface area contributed by atoms with Gasteiger partial charge in [0.1, 0.15) is 19.1 Å². The minimum Gasteiger partial charge on any atom is -0.493 e. The quantitative estimate of drug-likeness (QED) is 0.404. The lowest BCUT2D eigenvalue weighted by molar-refractivity contribution is -0.123. The van der Waals surface area contributed by atoms with Gasteiger partial charge in [-0.15, -0.1) is 0 Å². The van der Waals surface area contributed by atoms with Gasteiger partial charge < -0.3 is 19.1 Å². The van der Waals surface area contributed by atoms with Gasteiger partial charge >= 0.3 is 5.69 Å². The number of fused-ring (bicyclic) bond motifs is 1. The second-order valence-electron chi connectivity index (χ2n) is 8.17. The molecule has 0 spiro atoms. The first-order valence-electron chi connectivity index (χ1n) is 10.9. The van der Waals surface area contributed by atoms with Crippen LogP contribution in [0.3, 0.4) is 0 Å². The van der Waals surface area contributed by atoms with E-state index < -0.39 is 30.7 Å². The first-order valence-corrected chi connectivity index (χ1v) is 10.9. The van der Waals surface area contributed by atoms with Gasteiger partial charge in [-0.05, 0) is 35.9 Å². The molecule has 35 heavy (non-hydrogen) atoms. The van der Waals surface area contributed by atoms with E-state index in [0.717, 1.165) is 4.57 Å². The summed E-state index contributed by atoms with van der Waals surface area (Å²) in [5.41, 5.74) is -0.140. The summed E-state index contributed by atoms with van der Waals surface area (Å²) in [6.45, 7) is -1.47. The van der Waals surface area contributed by atoms with Gasteiger partial charge in [-0.1, -0.05) is 6.07 Å². The van der Waals surface area contributed by atoms with Crippen molar-refractivity contribution >= 4 is 17.3 Å². The molecule has 0 atom stereocenters. The lowest BCUT2D eigenvalue weighted by atomic mass is 10.1. The topological polar surface area (TPSA) is 92.0 Å². The van der Waals surface area contributed by atoms with E-state index in [4.69, 9.17) is 14.2 Å². The number of carbonyl (C=O) groups is 1. The molecule has 4 rings (SSSR count). The van der Waals surface area contributed by atoms with Crippen LogP contribution in [-0.2, 0) is 11.3 Å². The number of benzene rings is 2. The van der Waals surface area contributed by atoms with Gasteiger partial charge in [-0.25, -0.2) is 13.6 Å². The molecule has 0 aliphatic carbocycles. The number of rotatable bonds is 10. The molecule has 1 fully saturated rings. The van der Waals surface area contributed by atoms with Crippen LogP contribution in [0.25, 0.3) is 10.9 Å². The predicted octanol–water partition coefficient (Wildman–Crippen LogP) is 1.93. The predicted molar refractivity (Wildman–Crippen MR) is 124 cm³/mol. The van der Waals surface area contributed by atoms with Crippen LogP contribution in [0.5, 0.6) is 17.2 Å². The summed E-state index contributed by atoms with van der Waals surface area (Å²) in [4.78, 5) is 39.5. The van der Waals surface area contributed by atoms with E-state index in [2.05, 4.69) is 0 Å². The molecule has 1 amide bonds. The molecule has 1 aromatic heterocycles. The Morgan fingerprint density at radius 3 is 2.37 bits per heavy atom. The van der Waals surface area contributed by atoms with Crippen LogP contribution in [0.15, 0.2) is 46.0 Å². The highest BCUT2D eigenvalue weighted by molar-refractivity contribution is 5.80. The Morgan fingerprint density at radius 1 is 1.03 bits per heavy atom. The van der Waals surface area contributed by atoms with E-state index >= 15 is 0 Å². The van der Waals surface area contributed by atoms with Crippen molar-refractivity contribution in [3.8, 4) is 17.2 Å². The molecule has 9 nitrogen and oxygen atoms in total. The Morgan fingerprint density at radius 2 is 1.74 bits per heavy atom. The first kappa shape index (κ1) is 24.2. The van der Waals surface area contributed by atoms with Gasteiger partial charge in [0.15, 0.2) is 17.6 Å². The lowest BCUT2D eigenvalue weighted by Crippen LogP contribution is -2.52. The number of alkyl halides is 2. The van der Waals surface area contributed by atoms with Crippen molar-refractivity contribution < 1.29 is 27.8 Å². The zero-order valence-corrected chi connectivity index (χ0v) is 19.3. The molecule has 0 N–H and O–H groups in total. The van der Waals surface area contributed by atoms with Gasteiger partial charge in [-0.3, -0.25) is 18.7 Å². The summed E-state index contributed by atoms with van der Waals surface area (Å²) in [5, 5.41) is 0.156. The number of halogens is 2. The van der Waals surface area contributed by atoms with Crippen LogP contribution in [0.4, 0.5) is 8.78 Å². The molecule has 1 aliphatic heterocycles. The summed E-state index contributed by atoms with van der Waals surface area (Å²) < 4.78 is 44.4. The molecule has 1 saturated heterocycles. The van der Waals surface area contributed by atoms with Crippen molar-refractivity contribution in [1.82, 2.24) is 14.0 Å². The molecule has 0 radical (unpaired) electrons. The Kier molecular flexibility index (Phi) is 7.04. The number of amides is 1. The highest BCUT2D eigenvalue weighted by Crippen LogP contribution is 2.28. The normalized spacial score (nSPS) is 13.7. The average molecular weight is 489 g/mol. The average Bonchev–Trinajstić information content (AvgIpc) is 2.86. The molecular weight excluding hydrogens is 464 g/mol. The van der Waals surface area contributed by atoms with E-state index in [1.54, 1.807) is 18.2 Å². The largest absolute Gasteiger partial charge is 0.493 e. The third-order valence-corrected chi connectivity index (χ3v) is 5.98. The molecule has 0 saturated carbocycles. The first-order chi connectivity index (χ1) is 16.9. The standard InChI is InChI=1S/C24H25F2N3O6/c1-33-21-6-3-15(7-22(21)34-2)11-28-23(31)19-8-17(35-18(9-25)10-26)4-5-20(19)29(24(28)32)16-12-27(13-16)14-30/h3-8,14,16,18H,9-13H2,1-2H3. The number of methoxy groups -OCH3 is 2. The fraction of sp³-hybridized carbons (Fsp3) is 0.375. The molecule has 3 aromatic rings. The fourth-order valence-corrected chi connectivity index (χ4v) is 4.12. The Bertz CT molecular complexity index is 1350. The van der Waals surface area contributed by atoms with Gasteiger partial charge in [-0.2, -0.15) is 0 Å². The second kappa shape index (κ2) is 10.2.